The largest absolute Gasteiger partial charge is 0.353 e. The summed E-state index contributed by atoms with van der Waals surface area (Å²) in [5, 5.41) is 6.48. The molecule has 1 atom stereocenters. The number of hydrogen-bond acceptors (Lipinski definition) is 2. The normalized spacial score (nSPS) is 23.7. The van der Waals surface area contributed by atoms with Gasteiger partial charge in [-0.25, -0.2) is 0 Å². The Morgan fingerprint density at radius 2 is 2.06 bits per heavy atom. The van der Waals surface area contributed by atoms with Crippen molar-refractivity contribution in [2.45, 2.75) is 71.9 Å². The third-order valence-electron chi connectivity index (χ3n) is 3.75. The lowest BCUT2D eigenvalue weighted by Gasteiger charge is -2.39. The molecule has 0 aromatic rings. The molecule has 0 radical (unpaired) electrons. The second-order valence-corrected chi connectivity index (χ2v) is 6.21. The fourth-order valence-corrected chi connectivity index (χ4v) is 2.50. The van der Waals surface area contributed by atoms with E-state index in [2.05, 4.69) is 38.3 Å². The van der Waals surface area contributed by atoms with E-state index in [9.17, 15) is 4.79 Å². The number of carbonyl (C=O) groups is 1. The molecule has 0 aromatic heterocycles. The van der Waals surface area contributed by atoms with Crippen LogP contribution in [0, 0.1) is 5.41 Å². The van der Waals surface area contributed by atoms with Gasteiger partial charge in [0.1, 0.15) is 0 Å². The Hall–Kier alpha value is -0.570. The van der Waals surface area contributed by atoms with Gasteiger partial charge in [0, 0.05) is 25.0 Å². The molecule has 0 aliphatic heterocycles. The van der Waals surface area contributed by atoms with Crippen LogP contribution in [0.3, 0.4) is 0 Å². The van der Waals surface area contributed by atoms with Crippen molar-refractivity contribution in [3.63, 3.8) is 0 Å². The minimum atomic E-state index is 0.193. The van der Waals surface area contributed by atoms with E-state index in [1.807, 2.05) is 0 Å². The molecular formula is C14H28N2O. The Morgan fingerprint density at radius 1 is 1.35 bits per heavy atom. The Balaban J connectivity index is 2.29. The van der Waals surface area contributed by atoms with Gasteiger partial charge >= 0.3 is 0 Å². The zero-order valence-corrected chi connectivity index (χ0v) is 11.8. The van der Waals surface area contributed by atoms with Crippen molar-refractivity contribution in [2.75, 3.05) is 6.54 Å². The van der Waals surface area contributed by atoms with Crippen LogP contribution in [0.25, 0.3) is 0 Å². The molecule has 0 bridgehead atoms. The predicted molar refractivity (Wildman–Crippen MR) is 71.9 cm³/mol. The van der Waals surface area contributed by atoms with Crippen molar-refractivity contribution in [1.29, 1.82) is 0 Å². The van der Waals surface area contributed by atoms with E-state index in [1.54, 1.807) is 0 Å². The summed E-state index contributed by atoms with van der Waals surface area (Å²) in [7, 11) is 0. The van der Waals surface area contributed by atoms with Gasteiger partial charge in [0.05, 0.1) is 0 Å². The van der Waals surface area contributed by atoms with E-state index in [-0.39, 0.29) is 11.3 Å². The van der Waals surface area contributed by atoms with Gasteiger partial charge in [0.15, 0.2) is 0 Å². The quantitative estimate of drug-likeness (QED) is 0.775. The first-order valence-electron chi connectivity index (χ1n) is 6.94. The average Bonchev–Trinajstić information content (AvgIpc) is 2.20. The fraction of sp³-hybridized carbons (Fsp3) is 0.929. The van der Waals surface area contributed by atoms with Gasteiger partial charge in [0.25, 0.3) is 0 Å². The van der Waals surface area contributed by atoms with Crippen LogP contribution < -0.4 is 10.6 Å². The van der Waals surface area contributed by atoms with Crippen LogP contribution in [0.15, 0.2) is 0 Å². The Kier molecular flexibility index (Phi) is 5.44. The van der Waals surface area contributed by atoms with Crippen molar-refractivity contribution in [2.24, 2.45) is 5.41 Å². The molecule has 0 heterocycles. The van der Waals surface area contributed by atoms with Gasteiger partial charge in [-0.1, -0.05) is 40.5 Å². The van der Waals surface area contributed by atoms with Crippen LogP contribution in [0.1, 0.15) is 59.8 Å². The standard InChI is InChI=1S/C14H28N2O/c1-11(2)15-10-8-13(17)16-12-7-5-6-9-14(12,3)4/h11-12,15H,5-10H2,1-4H3,(H,16,17). The maximum Gasteiger partial charge on any atom is 0.221 e. The summed E-state index contributed by atoms with van der Waals surface area (Å²) in [5.74, 6) is 0.193. The molecule has 3 nitrogen and oxygen atoms in total. The maximum atomic E-state index is 11.8. The van der Waals surface area contributed by atoms with Crippen molar-refractivity contribution in [1.82, 2.24) is 10.6 Å². The topological polar surface area (TPSA) is 41.1 Å². The average molecular weight is 240 g/mol. The lowest BCUT2D eigenvalue weighted by molar-refractivity contribution is -0.122. The number of nitrogens with one attached hydrogen (secondary N) is 2. The second kappa shape index (κ2) is 6.39. The van der Waals surface area contributed by atoms with Gasteiger partial charge in [-0.3, -0.25) is 4.79 Å². The van der Waals surface area contributed by atoms with Gasteiger partial charge < -0.3 is 10.6 Å². The van der Waals surface area contributed by atoms with Crippen molar-refractivity contribution >= 4 is 5.91 Å². The summed E-state index contributed by atoms with van der Waals surface area (Å²) in [6.45, 7) is 9.51. The SMILES string of the molecule is CC(C)NCCC(=O)NC1CCCCC1(C)C. The minimum absolute atomic E-state index is 0.193. The van der Waals surface area contributed by atoms with E-state index in [0.29, 0.717) is 18.5 Å². The summed E-state index contributed by atoms with van der Waals surface area (Å²) in [6, 6.07) is 0.816. The monoisotopic (exact) mass is 240 g/mol. The highest BCUT2D eigenvalue weighted by molar-refractivity contribution is 5.76. The lowest BCUT2D eigenvalue weighted by Crippen LogP contribution is -2.47. The van der Waals surface area contributed by atoms with Crippen molar-refractivity contribution in [3.8, 4) is 0 Å². The van der Waals surface area contributed by atoms with Crippen LogP contribution >= 0.6 is 0 Å². The first kappa shape index (κ1) is 14.5. The fourth-order valence-electron chi connectivity index (χ4n) is 2.50. The molecule has 1 saturated carbocycles. The molecular weight excluding hydrogens is 212 g/mol. The molecule has 1 fully saturated rings. The van der Waals surface area contributed by atoms with Crippen LogP contribution in [0.5, 0.6) is 0 Å². The highest BCUT2D eigenvalue weighted by atomic mass is 16.1. The highest BCUT2D eigenvalue weighted by Crippen LogP contribution is 2.35. The number of hydrogen-bond donors (Lipinski definition) is 2. The predicted octanol–water partition coefficient (Wildman–Crippen LogP) is 2.46. The number of amides is 1. The van der Waals surface area contributed by atoms with E-state index in [0.717, 1.165) is 13.0 Å². The third-order valence-corrected chi connectivity index (χ3v) is 3.75. The van der Waals surface area contributed by atoms with Gasteiger partial charge in [0.2, 0.25) is 5.91 Å². The van der Waals surface area contributed by atoms with E-state index >= 15 is 0 Å². The van der Waals surface area contributed by atoms with Gasteiger partial charge in [-0.15, -0.1) is 0 Å². The Morgan fingerprint density at radius 3 is 2.65 bits per heavy atom. The Bertz CT molecular complexity index is 249. The van der Waals surface area contributed by atoms with Crippen LogP contribution in [-0.4, -0.2) is 24.5 Å². The molecule has 0 aromatic carbocycles. The van der Waals surface area contributed by atoms with Crippen LogP contribution in [0.2, 0.25) is 0 Å². The van der Waals surface area contributed by atoms with Gasteiger partial charge in [-0.2, -0.15) is 0 Å². The van der Waals surface area contributed by atoms with E-state index < -0.39 is 0 Å². The van der Waals surface area contributed by atoms with Gasteiger partial charge in [-0.05, 0) is 18.3 Å². The van der Waals surface area contributed by atoms with Crippen LogP contribution in [-0.2, 0) is 4.79 Å². The zero-order chi connectivity index (χ0) is 12.9. The zero-order valence-electron chi connectivity index (χ0n) is 11.8. The molecule has 1 rings (SSSR count). The van der Waals surface area contributed by atoms with Crippen molar-refractivity contribution < 1.29 is 4.79 Å². The van der Waals surface area contributed by atoms with E-state index in [1.165, 1.54) is 19.3 Å². The minimum Gasteiger partial charge on any atom is -0.353 e. The molecule has 1 aliphatic rings. The summed E-state index contributed by atoms with van der Waals surface area (Å²) < 4.78 is 0. The first-order valence-corrected chi connectivity index (χ1v) is 6.94. The number of rotatable bonds is 5. The van der Waals surface area contributed by atoms with E-state index in [4.69, 9.17) is 0 Å². The molecule has 1 amide bonds. The summed E-state index contributed by atoms with van der Waals surface area (Å²) >= 11 is 0. The molecule has 1 aliphatic carbocycles. The molecule has 2 N–H and O–H groups in total. The first-order chi connectivity index (χ1) is 7.92. The number of carbonyl (C=O) groups excluding carboxylic acids is 1. The molecule has 3 heteroatoms. The highest BCUT2D eigenvalue weighted by Gasteiger charge is 2.32. The maximum absolute atomic E-state index is 11.8. The summed E-state index contributed by atoms with van der Waals surface area (Å²) in [4.78, 5) is 11.8. The smallest absolute Gasteiger partial charge is 0.221 e. The summed E-state index contributed by atoms with van der Waals surface area (Å²) in [6.07, 6.45) is 5.50. The Labute approximate surface area is 106 Å². The molecule has 100 valence electrons. The summed E-state index contributed by atoms with van der Waals surface area (Å²) in [5.41, 5.74) is 0.263. The molecule has 17 heavy (non-hydrogen) atoms. The molecule has 1 unspecified atom stereocenters. The third kappa shape index (κ3) is 5.07. The lowest BCUT2D eigenvalue weighted by atomic mass is 9.73. The van der Waals surface area contributed by atoms with Crippen molar-refractivity contribution in [3.05, 3.63) is 0 Å². The molecule has 0 saturated heterocycles. The van der Waals surface area contributed by atoms with Crippen LogP contribution in [0.4, 0.5) is 0 Å². The molecule has 0 spiro atoms. The second-order valence-electron chi connectivity index (χ2n) is 6.21.